The lowest BCUT2D eigenvalue weighted by atomic mass is 10.1. The molecule has 5 nitrogen and oxygen atoms in total. The summed E-state index contributed by atoms with van der Waals surface area (Å²) in [4.78, 5) is 1.72. The molecule has 0 bridgehead atoms. The van der Waals surface area contributed by atoms with Gasteiger partial charge in [-0.1, -0.05) is 12.1 Å². The van der Waals surface area contributed by atoms with Gasteiger partial charge in [0.2, 0.25) is 5.88 Å². The fourth-order valence-corrected chi connectivity index (χ4v) is 1.86. The van der Waals surface area contributed by atoms with E-state index < -0.39 is 0 Å². The molecule has 0 aliphatic carbocycles. The Bertz CT molecular complexity index is 565. The molecule has 5 heteroatoms. The van der Waals surface area contributed by atoms with E-state index in [4.69, 9.17) is 15.3 Å². The van der Waals surface area contributed by atoms with Gasteiger partial charge >= 0.3 is 0 Å². The van der Waals surface area contributed by atoms with Gasteiger partial charge in [-0.05, 0) is 17.7 Å². The Balaban J connectivity index is 2.30. The summed E-state index contributed by atoms with van der Waals surface area (Å²) in [5.41, 5.74) is 0.771. The summed E-state index contributed by atoms with van der Waals surface area (Å²) in [7, 11) is 1.76. The van der Waals surface area contributed by atoms with Crippen molar-refractivity contribution in [3.8, 4) is 17.9 Å². The number of allylic oxidation sites excluding steroid dienone is 1. The molecular formula is C13H11N3O2. The number of phenolic OH excluding ortho intramolecular Hbond substituents is 1. The van der Waals surface area contributed by atoms with Crippen LogP contribution in [0.1, 0.15) is 11.7 Å². The Labute approximate surface area is 105 Å². The lowest BCUT2D eigenvalue weighted by Gasteiger charge is -2.09. The third kappa shape index (κ3) is 2.07. The number of phenols is 1. The Morgan fingerprint density at radius 2 is 2.17 bits per heavy atom. The van der Waals surface area contributed by atoms with Crippen molar-refractivity contribution in [2.45, 2.75) is 6.10 Å². The Hall–Kier alpha value is -2.66. The van der Waals surface area contributed by atoms with Crippen molar-refractivity contribution in [1.82, 2.24) is 4.90 Å². The van der Waals surface area contributed by atoms with Crippen molar-refractivity contribution in [3.05, 3.63) is 41.3 Å². The lowest BCUT2D eigenvalue weighted by Crippen LogP contribution is -2.13. The van der Waals surface area contributed by atoms with Crippen molar-refractivity contribution >= 4 is 0 Å². The lowest BCUT2D eigenvalue weighted by molar-refractivity contribution is 0.163. The molecule has 18 heavy (non-hydrogen) atoms. The summed E-state index contributed by atoms with van der Waals surface area (Å²) in [6.07, 6.45) is -0.284. The second-order valence-electron chi connectivity index (χ2n) is 3.99. The van der Waals surface area contributed by atoms with E-state index in [2.05, 4.69) is 0 Å². The molecule has 0 saturated carbocycles. The molecule has 90 valence electrons. The molecule has 0 unspecified atom stereocenters. The van der Waals surface area contributed by atoms with Crippen LogP contribution in [0.4, 0.5) is 0 Å². The quantitative estimate of drug-likeness (QED) is 0.756. The van der Waals surface area contributed by atoms with Crippen LogP contribution in [0, 0.1) is 22.7 Å². The molecular weight excluding hydrogens is 230 g/mol. The zero-order valence-electron chi connectivity index (χ0n) is 9.79. The highest BCUT2D eigenvalue weighted by molar-refractivity contribution is 5.39. The van der Waals surface area contributed by atoms with Crippen molar-refractivity contribution in [2.24, 2.45) is 0 Å². The van der Waals surface area contributed by atoms with Crippen molar-refractivity contribution in [3.63, 3.8) is 0 Å². The maximum atomic E-state index is 9.42. The van der Waals surface area contributed by atoms with Crippen LogP contribution >= 0.6 is 0 Å². The minimum Gasteiger partial charge on any atom is -0.508 e. The van der Waals surface area contributed by atoms with E-state index in [1.807, 2.05) is 18.2 Å². The van der Waals surface area contributed by atoms with Crippen molar-refractivity contribution in [2.75, 3.05) is 13.6 Å². The first-order valence-electron chi connectivity index (χ1n) is 5.37. The van der Waals surface area contributed by atoms with Gasteiger partial charge in [0, 0.05) is 7.05 Å². The number of likely N-dealkylation sites (N-methyl/N-ethyl adjacent to an activating group) is 1. The van der Waals surface area contributed by atoms with E-state index in [-0.39, 0.29) is 23.3 Å². The fourth-order valence-electron chi connectivity index (χ4n) is 1.86. The standard InChI is InChI=1S/C13H11N3O2/c1-16-8-12(9-3-2-4-11(17)5-9)18-13(16)10(6-14)7-15/h2-5,12,17H,8H2,1H3/t12-/m0/s1. The van der Waals surface area contributed by atoms with Gasteiger partial charge in [0.15, 0.2) is 5.57 Å². The van der Waals surface area contributed by atoms with Crippen LogP contribution in [0.25, 0.3) is 0 Å². The summed E-state index contributed by atoms with van der Waals surface area (Å²) >= 11 is 0. The van der Waals surface area contributed by atoms with Gasteiger partial charge in [-0.3, -0.25) is 0 Å². The Kier molecular flexibility index (Phi) is 3.07. The summed E-state index contributed by atoms with van der Waals surface area (Å²) in [5.74, 6) is 0.449. The number of benzene rings is 1. The Morgan fingerprint density at radius 3 is 2.78 bits per heavy atom. The van der Waals surface area contributed by atoms with Crippen LogP contribution in [0.2, 0.25) is 0 Å². The molecule has 0 amide bonds. The largest absolute Gasteiger partial charge is 0.508 e. The second-order valence-corrected chi connectivity index (χ2v) is 3.99. The zero-order valence-corrected chi connectivity index (χ0v) is 9.79. The molecule has 0 spiro atoms. The maximum absolute atomic E-state index is 9.42. The van der Waals surface area contributed by atoms with Gasteiger partial charge in [-0.15, -0.1) is 0 Å². The van der Waals surface area contributed by atoms with E-state index in [0.717, 1.165) is 5.56 Å². The first-order valence-corrected chi connectivity index (χ1v) is 5.37. The number of nitrogens with zero attached hydrogens (tertiary/aromatic N) is 3. The van der Waals surface area contributed by atoms with Gasteiger partial charge in [-0.25, -0.2) is 0 Å². The molecule has 1 heterocycles. The van der Waals surface area contributed by atoms with Gasteiger partial charge in [-0.2, -0.15) is 10.5 Å². The Morgan fingerprint density at radius 1 is 1.44 bits per heavy atom. The highest BCUT2D eigenvalue weighted by Gasteiger charge is 2.29. The van der Waals surface area contributed by atoms with Crippen LogP contribution in [0.3, 0.4) is 0 Å². The molecule has 1 aliphatic rings. The molecule has 1 saturated heterocycles. The summed E-state index contributed by atoms with van der Waals surface area (Å²) in [6, 6.07) is 10.4. The molecule has 1 N–H and O–H groups in total. The van der Waals surface area contributed by atoms with E-state index >= 15 is 0 Å². The van der Waals surface area contributed by atoms with Crippen LogP contribution in [-0.4, -0.2) is 23.6 Å². The van der Waals surface area contributed by atoms with Gasteiger partial charge < -0.3 is 14.7 Å². The maximum Gasteiger partial charge on any atom is 0.219 e. The third-order valence-corrected chi connectivity index (χ3v) is 2.72. The van der Waals surface area contributed by atoms with E-state index in [9.17, 15) is 5.11 Å². The molecule has 0 aromatic heterocycles. The molecule has 0 radical (unpaired) electrons. The monoisotopic (exact) mass is 241 g/mol. The predicted octanol–water partition coefficient (Wildman–Crippen LogP) is 1.65. The van der Waals surface area contributed by atoms with Crippen LogP contribution in [0.15, 0.2) is 35.7 Å². The van der Waals surface area contributed by atoms with Crippen LogP contribution in [-0.2, 0) is 4.74 Å². The minimum atomic E-state index is -0.284. The number of ether oxygens (including phenoxy) is 1. The molecule has 1 aliphatic heterocycles. The number of rotatable bonds is 1. The van der Waals surface area contributed by atoms with Crippen LogP contribution < -0.4 is 0 Å². The number of hydrogen-bond donors (Lipinski definition) is 1. The molecule has 1 aromatic carbocycles. The van der Waals surface area contributed by atoms with Gasteiger partial charge in [0.05, 0.1) is 6.54 Å². The topological polar surface area (TPSA) is 80.3 Å². The van der Waals surface area contributed by atoms with E-state index in [1.54, 1.807) is 30.1 Å². The first-order chi connectivity index (χ1) is 8.65. The zero-order chi connectivity index (χ0) is 13.1. The van der Waals surface area contributed by atoms with E-state index in [0.29, 0.717) is 6.54 Å². The predicted molar refractivity (Wildman–Crippen MR) is 62.8 cm³/mol. The molecule has 2 rings (SSSR count). The van der Waals surface area contributed by atoms with Crippen LogP contribution in [0.5, 0.6) is 5.75 Å². The van der Waals surface area contributed by atoms with Gasteiger partial charge in [0.25, 0.3) is 0 Å². The van der Waals surface area contributed by atoms with Crippen molar-refractivity contribution < 1.29 is 9.84 Å². The SMILES string of the molecule is CN1C[C@@H](c2cccc(O)c2)OC1=C(C#N)C#N. The van der Waals surface area contributed by atoms with Gasteiger partial charge in [0.1, 0.15) is 24.0 Å². The highest BCUT2D eigenvalue weighted by Crippen LogP contribution is 2.32. The normalized spacial score (nSPS) is 17.8. The molecule has 1 fully saturated rings. The summed E-state index contributed by atoms with van der Waals surface area (Å²) in [5, 5.41) is 27.1. The second kappa shape index (κ2) is 4.68. The minimum absolute atomic E-state index is 0.0415. The summed E-state index contributed by atoms with van der Waals surface area (Å²) in [6.45, 7) is 0.533. The average molecular weight is 241 g/mol. The average Bonchev–Trinajstić information content (AvgIpc) is 2.74. The third-order valence-electron chi connectivity index (χ3n) is 2.72. The summed E-state index contributed by atoms with van der Waals surface area (Å²) < 4.78 is 5.61. The van der Waals surface area contributed by atoms with E-state index in [1.165, 1.54) is 0 Å². The number of nitriles is 2. The highest BCUT2D eigenvalue weighted by atomic mass is 16.5. The van der Waals surface area contributed by atoms with Crippen molar-refractivity contribution in [1.29, 1.82) is 10.5 Å². The molecule has 1 atom stereocenters. The number of hydrogen-bond acceptors (Lipinski definition) is 5. The number of aromatic hydroxyl groups is 1. The smallest absolute Gasteiger partial charge is 0.219 e. The molecule has 1 aromatic rings. The fraction of sp³-hybridized carbons (Fsp3) is 0.231. The first kappa shape index (κ1) is 11.8.